The average molecular weight is 626 g/mol. The van der Waals surface area contributed by atoms with Gasteiger partial charge in [-0.1, -0.05) is 86.5 Å². The van der Waals surface area contributed by atoms with E-state index in [9.17, 15) is 19.7 Å². The molecule has 3 heterocycles. The number of non-ortho nitro benzene ring substituents is 1. The number of carbonyl (C=O) groups is 3. The van der Waals surface area contributed by atoms with E-state index in [-0.39, 0.29) is 28.7 Å². The van der Waals surface area contributed by atoms with Gasteiger partial charge in [0.05, 0.1) is 16.9 Å². The second-order valence-electron chi connectivity index (χ2n) is 12.7. The molecule has 3 aliphatic rings. The van der Waals surface area contributed by atoms with Crippen LogP contribution in [0.25, 0.3) is 5.57 Å². The molecule has 47 heavy (non-hydrogen) atoms. The minimum absolute atomic E-state index is 0.139. The van der Waals surface area contributed by atoms with Crippen LogP contribution in [0.15, 0.2) is 103 Å². The number of aryl methyl sites for hydroxylation is 1. The van der Waals surface area contributed by atoms with Crippen molar-refractivity contribution >= 4 is 40.1 Å². The Morgan fingerprint density at radius 1 is 0.872 bits per heavy atom. The summed E-state index contributed by atoms with van der Waals surface area (Å²) in [5.41, 5.74) is 4.15. The first-order chi connectivity index (χ1) is 22.8. The highest BCUT2D eigenvalue weighted by Crippen LogP contribution is 2.58. The first-order valence-corrected chi connectivity index (χ1v) is 16.2. The van der Waals surface area contributed by atoms with Crippen LogP contribution in [0, 0.1) is 16.0 Å². The van der Waals surface area contributed by atoms with Gasteiger partial charge >= 0.3 is 0 Å². The summed E-state index contributed by atoms with van der Waals surface area (Å²) in [6, 6.07) is 26.4. The first kappa shape index (κ1) is 30.3. The maximum Gasteiger partial charge on any atom is 0.269 e. The Morgan fingerprint density at radius 3 is 2.26 bits per heavy atom. The zero-order chi connectivity index (χ0) is 32.9. The van der Waals surface area contributed by atoms with Gasteiger partial charge < -0.3 is 10.2 Å². The largest absolute Gasteiger partial charge is 0.352 e. The third-order valence-electron chi connectivity index (χ3n) is 10.1. The van der Waals surface area contributed by atoms with Crippen LogP contribution in [0.5, 0.6) is 0 Å². The molecule has 0 aromatic heterocycles. The van der Waals surface area contributed by atoms with E-state index in [0.29, 0.717) is 16.8 Å². The standard InChI is InChI=1S/C39H35N3O5/c1-3-4-5-10-25-15-17-26(18-16-25)36(43)34-35(37(44)27-19-21-28(22-20-27)42(46)47)41-32-14-9-6-11-29(32)24(2)23-33(41)39(34)30-12-7-8-13-31(30)40-38(39)45/h6-9,11-23,33-35H,3-5,10H2,1-2H3,(H,40,45)/t33-,34+,35-,39+/m1/s1. The van der Waals surface area contributed by atoms with Crippen molar-refractivity contribution in [3.63, 3.8) is 0 Å². The Balaban J connectivity index is 1.45. The molecule has 1 amide bonds. The molecule has 0 radical (unpaired) electrons. The van der Waals surface area contributed by atoms with Gasteiger partial charge in [-0.2, -0.15) is 0 Å². The fourth-order valence-electron chi connectivity index (χ4n) is 7.90. The molecule has 1 saturated heterocycles. The van der Waals surface area contributed by atoms with E-state index in [1.165, 1.54) is 24.3 Å². The summed E-state index contributed by atoms with van der Waals surface area (Å²) >= 11 is 0. The van der Waals surface area contributed by atoms with Gasteiger partial charge in [0.25, 0.3) is 5.69 Å². The Morgan fingerprint density at radius 2 is 1.53 bits per heavy atom. The molecule has 1 N–H and O–H groups in total. The number of Topliss-reactive ketones (excluding diaryl/α,β-unsaturated/α-hetero) is 2. The summed E-state index contributed by atoms with van der Waals surface area (Å²) < 4.78 is 0. The van der Waals surface area contributed by atoms with E-state index in [1.54, 1.807) is 0 Å². The number of amides is 1. The van der Waals surface area contributed by atoms with Gasteiger partial charge in [0.1, 0.15) is 11.5 Å². The lowest BCUT2D eigenvalue weighted by Gasteiger charge is -2.39. The number of nitro groups is 1. The van der Waals surface area contributed by atoms with Gasteiger partial charge in [-0.25, -0.2) is 0 Å². The lowest BCUT2D eigenvalue weighted by Crippen LogP contribution is -2.51. The zero-order valence-corrected chi connectivity index (χ0v) is 26.3. The third-order valence-corrected chi connectivity index (χ3v) is 10.1. The Hall–Kier alpha value is -5.37. The van der Waals surface area contributed by atoms with Gasteiger partial charge in [0.15, 0.2) is 11.6 Å². The summed E-state index contributed by atoms with van der Waals surface area (Å²) in [6.07, 6.45) is 6.22. The number of unbranched alkanes of at least 4 members (excludes halogenated alkanes) is 2. The minimum atomic E-state index is -1.43. The molecule has 4 aromatic rings. The molecule has 0 bridgehead atoms. The molecular formula is C39H35N3O5. The number of para-hydroxylation sites is 2. The molecule has 8 nitrogen and oxygen atoms in total. The number of hydrogen-bond donors (Lipinski definition) is 1. The highest BCUT2D eigenvalue weighted by Gasteiger charge is 2.70. The first-order valence-electron chi connectivity index (χ1n) is 16.2. The number of anilines is 2. The van der Waals surface area contributed by atoms with Gasteiger partial charge in [0, 0.05) is 40.2 Å². The average Bonchev–Trinajstić information content (AvgIpc) is 3.56. The molecule has 0 saturated carbocycles. The molecule has 7 rings (SSSR count). The molecular weight excluding hydrogens is 590 g/mol. The fourth-order valence-corrected chi connectivity index (χ4v) is 7.90. The maximum absolute atomic E-state index is 15.1. The Bertz CT molecular complexity index is 1950. The number of nitrogens with zero attached hydrogens (tertiary/aromatic N) is 2. The number of carbonyl (C=O) groups excluding carboxylic acids is 3. The molecule has 4 atom stereocenters. The summed E-state index contributed by atoms with van der Waals surface area (Å²) in [5, 5.41) is 14.5. The minimum Gasteiger partial charge on any atom is -0.352 e. The second-order valence-corrected chi connectivity index (χ2v) is 12.7. The van der Waals surface area contributed by atoms with E-state index in [1.807, 2.05) is 90.7 Å². The van der Waals surface area contributed by atoms with Gasteiger partial charge in [-0.3, -0.25) is 24.5 Å². The predicted octanol–water partition coefficient (Wildman–Crippen LogP) is 7.57. The fraction of sp³-hybridized carbons (Fsp3) is 0.256. The van der Waals surface area contributed by atoms with Crippen LogP contribution in [0.3, 0.4) is 0 Å². The lowest BCUT2D eigenvalue weighted by atomic mass is 9.64. The van der Waals surface area contributed by atoms with Crippen LogP contribution in [-0.2, 0) is 16.6 Å². The normalized spacial score (nSPS) is 22.3. The van der Waals surface area contributed by atoms with E-state index < -0.39 is 28.3 Å². The number of benzene rings is 4. The van der Waals surface area contributed by atoms with Crippen molar-refractivity contribution in [1.82, 2.24) is 0 Å². The second kappa shape index (κ2) is 11.8. The Kier molecular flexibility index (Phi) is 7.59. The Labute approximate surface area is 273 Å². The van der Waals surface area contributed by atoms with Crippen LogP contribution in [0.1, 0.15) is 70.5 Å². The van der Waals surface area contributed by atoms with Crippen LogP contribution < -0.4 is 10.2 Å². The van der Waals surface area contributed by atoms with Gasteiger partial charge in [-0.05, 0) is 60.7 Å². The van der Waals surface area contributed by atoms with E-state index in [4.69, 9.17) is 0 Å². The summed E-state index contributed by atoms with van der Waals surface area (Å²) in [6.45, 7) is 4.15. The van der Waals surface area contributed by atoms with Crippen LogP contribution in [0.4, 0.5) is 17.1 Å². The topological polar surface area (TPSA) is 110 Å². The van der Waals surface area contributed by atoms with E-state index in [2.05, 4.69) is 12.2 Å². The quantitative estimate of drug-likeness (QED) is 0.0889. The zero-order valence-electron chi connectivity index (χ0n) is 26.3. The van der Waals surface area contributed by atoms with Gasteiger partial charge in [-0.15, -0.1) is 0 Å². The SMILES string of the molecule is CCCCCc1ccc(C(=O)[C@@H]2[C@H](C(=O)c3ccc([N+](=O)[O-])cc3)N3c4ccccc4C(C)=C[C@@H]3[C@]23C(=O)Nc2ccccc23)cc1. The molecule has 8 heteroatoms. The predicted molar refractivity (Wildman–Crippen MR) is 182 cm³/mol. The molecule has 236 valence electrons. The molecule has 4 aromatic carbocycles. The third kappa shape index (κ3) is 4.70. The van der Waals surface area contributed by atoms with Crippen molar-refractivity contribution in [2.24, 2.45) is 5.92 Å². The van der Waals surface area contributed by atoms with Crippen LogP contribution in [-0.4, -0.2) is 34.5 Å². The van der Waals surface area contributed by atoms with Crippen molar-refractivity contribution in [3.05, 3.63) is 141 Å². The molecule has 0 unspecified atom stereocenters. The van der Waals surface area contributed by atoms with Crippen molar-refractivity contribution in [2.45, 2.75) is 57.0 Å². The molecule has 1 spiro atoms. The highest BCUT2D eigenvalue weighted by atomic mass is 16.6. The van der Waals surface area contributed by atoms with Crippen molar-refractivity contribution in [2.75, 3.05) is 10.2 Å². The van der Waals surface area contributed by atoms with Crippen LogP contribution in [0.2, 0.25) is 0 Å². The van der Waals surface area contributed by atoms with Crippen molar-refractivity contribution in [3.8, 4) is 0 Å². The van der Waals surface area contributed by atoms with Crippen molar-refractivity contribution in [1.29, 1.82) is 0 Å². The van der Waals surface area contributed by atoms with Crippen molar-refractivity contribution < 1.29 is 19.3 Å². The maximum atomic E-state index is 15.1. The number of ketones is 2. The number of rotatable bonds is 9. The molecule has 0 aliphatic carbocycles. The summed E-state index contributed by atoms with van der Waals surface area (Å²) in [7, 11) is 0. The monoisotopic (exact) mass is 625 g/mol. The highest BCUT2D eigenvalue weighted by molar-refractivity contribution is 6.18. The smallest absolute Gasteiger partial charge is 0.269 e. The van der Waals surface area contributed by atoms with E-state index in [0.717, 1.165) is 48.1 Å². The number of nitro benzene ring substituents is 1. The number of nitrogens with one attached hydrogen (secondary N) is 1. The number of fused-ring (bicyclic) bond motifs is 6. The number of hydrogen-bond acceptors (Lipinski definition) is 6. The number of allylic oxidation sites excluding steroid dienone is 1. The molecule has 1 fully saturated rings. The summed E-state index contributed by atoms with van der Waals surface area (Å²) in [5.74, 6) is -2.11. The van der Waals surface area contributed by atoms with Crippen LogP contribution >= 0.6 is 0 Å². The van der Waals surface area contributed by atoms with E-state index >= 15 is 4.79 Å². The molecule has 3 aliphatic heterocycles. The lowest BCUT2D eigenvalue weighted by molar-refractivity contribution is -0.384. The van der Waals surface area contributed by atoms with Gasteiger partial charge in [0.2, 0.25) is 5.91 Å². The summed E-state index contributed by atoms with van der Waals surface area (Å²) in [4.78, 5) is 57.4.